The summed E-state index contributed by atoms with van der Waals surface area (Å²) in [4.78, 5) is 40.5. The minimum absolute atomic E-state index is 0.0521. The van der Waals surface area contributed by atoms with Gasteiger partial charge in [0.1, 0.15) is 11.4 Å². The van der Waals surface area contributed by atoms with Crippen LogP contribution >= 0.6 is 0 Å². The van der Waals surface area contributed by atoms with Gasteiger partial charge in [0, 0.05) is 70.1 Å². The normalized spacial score (nSPS) is 25.9. The summed E-state index contributed by atoms with van der Waals surface area (Å²) in [7, 11) is 2.09. The van der Waals surface area contributed by atoms with E-state index in [1.807, 2.05) is 6.92 Å². The summed E-state index contributed by atoms with van der Waals surface area (Å²) in [5, 5.41) is 14.5. The van der Waals surface area contributed by atoms with Gasteiger partial charge in [0.15, 0.2) is 5.82 Å². The van der Waals surface area contributed by atoms with Crippen LogP contribution in [0.4, 0.5) is 27.8 Å². The van der Waals surface area contributed by atoms with Crippen molar-refractivity contribution in [2.24, 2.45) is 23.7 Å². The molecular weight excluding hydrogens is 663 g/mol. The summed E-state index contributed by atoms with van der Waals surface area (Å²) in [6.45, 7) is 3.86. The number of anilines is 1. The molecule has 0 spiro atoms. The summed E-state index contributed by atoms with van der Waals surface area (Å²) >= 11 is 0. The SMILES string of the molecule is CCn1nccc1C(=O)N[C@H](c1cn2nc(C[C@H]3C[C@@H](C(F)(F)F)CNC3=O)c(N3CCN(C)[C@@H](C4CC4)C3)nc2n1)C1CCC(F)(F)CC1. The Morgan fingerprint density at radius 3 is 2.60 bits per heavy atom. The maximum Gasteiger partial charge on any atom is 0.393 e. The third-order valence-electron chi connectivity index (χ3n) is 11.0. The van der Waals surface area contributed by atoms with Crippen molar-refractivity contribution in [3.63, 3.8) is 0 Å². The van der Waals surface area contributed by atoms with Crippen LogP contribution < -0.4 is 15.5 Å². The highest BCUT2D eigenvalue weighted by Crippen LogP contribution is 2.42. The summed E-state index contributed by atoms with van der Waals surface area (Å²) in [5.41, 5.74) is 1.10. The van der Waals surface area contributed by atoms with Gasteiger partial charge in [0.25, 0.3) is 11.7 Å². The van der Waals surface area contributed by atoms with Gasteiger partial charge >= 0.3 is 6.18 Å². The van der Waals surface area contributed by atoms with Crippen LogP contribution in [0, 0.1) is 23.7 Å². The number of likely N-dealkylation sites (N-methyl/N-ethyl adjacent to an activating group) is 1. The van der Waals surface area contributed by atoms with Crippen LogP contribution in [0.3, 0.4) is 0 Å². The Bertz CT molecular complexity index is 1710. The molecule has 17 heteroatoms. The maximum absolute atomic E-state index is 14.2. The minimum Gasteiger partial charge on any atom is -0.355 e. The average molecular weight is 707 g/mol. The zero-order valence-corrected chi connectivity index (χ0v) is 28.2. The Labute approximate surface area is 286 Å². The number of hydrogen-bond donors (Lipinski definition) is 2. The third-order valence-corrected chi connectivity index (χ3v) is 11.0. The van der Waals surface area contributed by atoms with Crippen LogP contribution in [0.2, 0.25) is 0 Å². The number of amides is 2. The first-order chi connectivity index (χ1) is 23.8. The van der Waals surface area contributed by atoms with Gasteiger partial charge in [-0.1, -0.05) is 0 Å². The number of aryl methyl sites for hydroxylation is 1. The van der Waals surface area contributed by atoms with E-state index in [0.717, 1.165) is 19.4 Å². The molecule has 2 aliphatic heterocycles. The first kappa shape index (κ1) is 34.6. The number of halogens is 5. The quantitative estimate of drug-likeness (QED) is 0.320. The molecule has 0 bridgehead atoms. The molecule has 4 atom stereocenters. The Kier molecular flexibility index (Phi) is 9.22. The Morgan fingerprint density at radius 2 is 1.90 bits per heavy atom. The van der Waals surface area contributed by atoms with Crippen molar-refractivity contribution >= 4 is 23.4 Å². The van der Waals surface area contributed by atoms with E-state index in [0.29, 0.717) is 48.5 Å². The van der Waals surface area contributed by atoms with Crippen LogP contribution in [-0.4, -0.2) is 97.4 Å². The number of alkyl halides is 5. The molecule has 5 heterocycles. The molecule has 0 radical (unpaired) electrons. The van der Waals surface area contributed by atoms with Crippen LogP contribution in [0.15, 0.2) is 18.5 Å². The highest BCUT2D eigenvalue weighted by atomic mass is 19.4. The van der Waals surface area contributed by atoms with E-state index < -0.39 is 48.3 Å². The molecule has 2 N–H and O–H groups in total. The molecule has 12 nitrogen and oxygen atoms in total. The number of carbonyl (C=O) groups is 2. The minimum atomic E-state index is -4.45. The van der Waals surface area contributed by atoms with E-state index in [1.165, 1.54) is 10.7 Å². The summed E-state index contributed by atoms with van der Waals surface area (Å²) in [6.07, 6.45) is 0.216. The Balaban J connectivity index is 1.25. The topological polar surface area (TPSA) is 126 Å². The molecule has 3 aromatic heterocycles. The second-order valence-corrected chi connectivity index (χ2v) is 14.4. The lowest BCUT2D eigenvalue weighted by atomic mass is 9.81. The molecule has 272 valence electrons. The highest BCUT2D eigenvalue weighted by molar-refractivity contribution is 5.92. The van der Waals surface area contributed by atoms with E-state index in [9.17, 15) is 31.5 Å². The molecule has 0 unspecified atom stereocenters. The number of rotatable bonds is 9. The molecule has 7 rings (SSSR count). The molecule has 2 saturated heterocycles. The van der Waals surface area contributed by atoms with Crippen molar-refractivity contribution in [2.45, 2.75) is 89.0 Å². The summed E-state index contributed by atoms with van der Waals surface area (Å²) in [6, 6.07) is 1.12. The van der Waals surface area contributed by atoms with Crippen LogP contribution in [-0.2, 0) is 17.8 Å². The molecular formula is C33H43F5N10O2. The van der Waals surface area contributed by atoms with E-state index in [4.69, 9.17) is 15.1 Å². The van der Waals surface area contributed by atoms with Gasteiger partial charge in [0.05, 0.1) is 23.9 Å². The van der Waals surface area contributed by atoms with Crippen molar-refractivity contribution in [1.82, 2.24) is 44.9 Å². The van der Waals surface area contributed by atoms with Crippen molar-refractivity contribution in [3.8, 4) is 0 Å². The van der Waals surface area contributed by atoms with Crippen LogP contribution in [0.5, 0.6) is 0 Å². The average Bonchev–Trinajstić information content (AvgIpc) is 3.65. The zero-order chi connectivity index (χ0) is 35.4. The lowest BCUT2D eigenvalue weighted by molar-refractivity contribution is -0.183. The highest BCUT2D eigenvalue weighted by Gasteiger charge is 2.46. The van der Waals surface area contributed by atoms with Crippen molar-refractivity contribution in [2.75, 3.05) is 38.1 Å². The molecule has 2 amide bonds. The molecule has 2 saturated carbocycles. The van der Waals surface area contributed by atoms with Crippen molar-refractivity contribution < 1.29 is 31.5 Å². The largest absolute Gasteiger partial charge is 0.393 e. The molecule has 50 heavy (non-hydrogen) atoms. The number of piperazine rings is 1. The van der Waals surface area contributed by atoms with Crippen LogP contribution in [0.25, 0.3) is 5.78 Å². The van der Waals surface area contributed by atoms with Crippen LogP contribution in [0.1, 0.15) is 79.8 Å². The van der Waals surface area contributed by atoms with Gasteiger partial charge in [-0.2, -0.15) is 28.4 Å². The molecule has 2 aliphatic carbocycles. The molecule has 4 fully saturated rings. The monoisotopic (exact) mass is 706 g/mol. The third kappa shape index (κ3) is 7.15. The second kappa shape index (κ2) is 13.3. The maximum atomic E-state index is 14.2. The smallest absolute Gasteiger partial charge is 0.355 e. The standard InChI is InChI=1S/C33H43F5N10O2/c1-3-47-25(8-11-40-47)30(50)42-27(20-6-9-32(34,35)10-7-20)24-17-48-31(41-24)43-28(46-13-12-45(2)26(18-46)19-4-5-19)23(44-48)15-21-14-22(33(36,37)38)16-39-29(21)49/h8,11,17,19-22,26-27H,3-7,9-10,12-16,18H2,1-2H3,(H,39,49)(H,42,50)/t21-,22-,26-,27+/m1/s1. The van der Waals surface area contributed by atoms with E-state index in [1.54, 1.807) is 16.9 Å². The van der Waals surface area contributed by atoms with Crippen molar-refractivity contribution in [1.29, 1.82) is 0 Å². The lowest BCUT2D eigenvalue weighted by Gasteiger charge is -2.41. The second-order valence-electron chi connectivity index (χ2n) is 14.4. The predicted molar refractivity (Wildman–Crippen MR) is 172 cm³/mol. The number of hydrogen-bond acceptors (Lipinski definition) is 8. The number of fused-ring (bicyclic) bond motifs is 1. The molecule has 3 aromatic rings. The lowest BCUT2D eigenvalue weighted by Crippen LogP contribution is -2.53. The molecule has 0 aromatic carbocycles. The van der Waals surface area contributed by atoms with Gasteiger partial charge in [-0.15, -0.1) is 0 Å². The Morgan fingerprint density at radius 1 is 1.14 bits per heavy atom. The first-order valence-electron chi connectivity index (χ1n) is 17.6. The number of piperidine rings is 1. The number of nitrogens with one attached hydrogen (secondary N) is 2. The van der Waals surface area contributed by atoms with E-state index in [-0.39, 0.29) is 56.3 Å². The fourth-order valence-electron chi connectivity index (χ4n) is 7.86. The van der Waals surface area contributed by atoms with E-state index in [2.05, 4.69) is 32.6 Å². The summed E-state index contributed by atoms with van der Waals surface area (Å²) < 4.78 is 72.7. The number of imidazole rings is 1. The predicted octanol–water partition coefficient (Wildman–Crippen LogP) is 4.02. The van der Waals surface area contributed by atoms with Gasteiger partial charge in [-0.25, -0.2) is 18.3 Å². The van der Waals surface area contributed by atoms with Gasteiger partial charge < -0.3 is 15.5 Å². The van der Waals surface area contributed by atoms with E-state index >= 15 is 0 Å². The fraction of sp³-hybridized carbons (Fsp3) is 0.697. The van der Waals surface area contributed by atoms with Gasteiger partial charge in [0.2, 0.25) is 11.8 Å². The summed E-state index contributed by atoms with van der Waals surface area (Å²) in [5.74, 6) is -5.40. The van der Waals surface area contributed by atoms with Gasteiger partial charge in [-0.3, -0.25) is 19.2 Å². The van der Waals surface area contributed by atoms with Gasteiger partial charge in [-0.05, 0) is 64.0 Å². The zero-order valence-electron chi connectivity index (χ0n) is 28.2. The number of carbonyl (C=O) groups excluding carboxylic acids is 2. The van der Waals surface area contributed by atoms with Crippen molar-refractivity contribution in [3.05, 3.63) is 35.5 Å². The molecule has 4 aliphatic rings. The Hall–Kier alpha value is -3.89. The number of nitrogens with zero attached hydrogens (tertiary/aromatic N) is 8. The fourth-order valence-corrected chi connectivity index (χ4v) is 7.86. The number of aromatic nitrogens is 6. The first-order valence-corrected chi connectivity index (χ1v) is 17.6.